The van der Waals surface area contributed by atoms with Crippen molar-refractivity contribution in [2.75, 3.05) is 6.54 Å². The predicted octanol–water partition coefficient (Wildman–Crippen LogP) is 3.06. The monoisotopic (exact) mass is 325 g/mol. The van der Waals surface area contributed by atoms with E-state index in [9.17, 15) is 9.18 Å². The van der Waals surface area contributed by atoms with E-state index in [1.165, 1.54) is 12.1 Å². The molecule has 3 rings (SSSR count). The Bertz CT molecular complexity index is 918. The maximum absolute atomic E-state index is 13.4. The third-order valence-corrected chi connectivity index (χ3v) is 4.20. The Morgan fingerprint density at radius 3 is 2.75 bits per heavy atom. The van der Waals surface area contributed by atoms with Crippen LogP contribution >= 0.6 is 0 Å². The lowest BCUT2D eigenvalue weighted by Crippen LogP contribution is -2.39. The standard InChI is InChI=1S/C19H20FN3O/c1-19(2,14-6-5-7-15(20)12-14)22-10-11-23-13-21-17-9-4-3-8-16(17)18(23)24/h3-9,12-13,22H,10-11H2,1-2H3. The van der Waals surface area contributed by atoms with Crippen molar-refractivity contribution in [2.45, 2.75) is 25.9 Å². The van der Waals surface area contributed by atoms with Crippen molar-refractivity contribution >= 4 is 10.9 Å². The van der Waals surface area contributed by atoms with Gasteiger partial charge in [-0.25, -0.2) is 9.37 Å². The molecule has 1 heterocycles. The average Bonchev–Trinajstić information content (AvgIpc) is 2.57. The fourth-order valence-electron chi connectivity index (χ4n) is 2.73. The van der Waals surface area contributed by atoms with Crippen molar-refractivity contribution in [1.82, 2.24) is 14.9 Å². The fraction of sp³-hybridized carbons (Fsp3) is 0.263. The molecule has 5 heteroatoms. The van der Waals surface area contributed by atoms with Crippen LogP contribution in [0.15, 0.2) is 59.7 Å². The van der Waals surface area contributed by atoms with E-state index in [0.717, 1.165) is 5.56 Å². The van der Waals surface area contributed by atoms with Gasteiger partial charge in [0.2, 0.25) is 0 Å². The van der Waals surface area contributed by atoms with Crippen molar-refractivity contribution in [3.8, 4) is 0 Å². The summed E-state index contributed by atoms with van der Waals surface area (Å²) in [4.78, 5) is 16.8. The first kappa shape index (κ1) is 16.3. The molecule has 0 atom stereocenters. The van der Waals surface area contributed by atoms with Crippen LogP contribution in [0.5, 0.6) is 0 Å². The Kier molecular flexibility index (Phi) is 4.44. The number of hydrogen-bond acceptors (Lipinski definition) is 3. The summed E-state index contributed by atoms with van der Waals surface area (Å²) in [7, 11) is 0. The van der Waals surface area contributed by atoms with Crippen LogP contribution in [0.1, 0.15) is 19.4 Å². The number of rotatable bonds is 5. The van der Waals surface area contributed by atoms with Gasteiger partial charge in [0, 0.05) is 18.6 Å². The molecule has 0 radical (unpaired) electrons. The Balaban J connectivity index is 1.72. The van der Waals surface area contributed by atoms with Crippen LogP contribution in [0.2, 0.25) is 0 Å². The van der Waals surface area contributed by atoms with Crippen LogP contribution in [0.3, 0.4) is 0 Å². The summed E-state index contributed by atoms with van der Waals surface area (Å²) in [5, 5.41) is 3.99. The molecule has 0 aliphatic carbocycles. The lowest BCUT2D eigenvalue weighted by atomic mass is 9.94. The maximum Gasteiger partial charge on any atom is 0.261 e. The molecule has 0 fully saturated rings. The molecular weight excluding hydrogens is 305 g/mol. The molecule has 0 bridgehead atoms. The number of benzene rings is 2. The van der Waals surface area contributed by atoms with Crippen LogP contribution in [0.4, 0.5) is 4.39 Å². The highest BCUT2D eigenvalue weighted by Crippen LogP contribution is 2.20. The second kappa shape index (κ2) is 6.53. The fourth-order valence-corrected chi connectivity index (χ4v) is 2.73. The molecule has 0 saturated heterocycles. The topological polar surface area (TPSA) is 46.9 Å². The van der Waals surface area contributed by atoms with Crippen molar-refractivity contribution in [3.63, 3.8) is 0 Å². The Morgan fingerprint density at radius 1 is 1.17 bits per heavy atom. The van der Waals surface area contributed by atoms with Crippen LogP contribution in [0, 0.1) is 5.82 Å². The quantitative estimate of drug-likeness (QED) is 0.784. The van der Waals surface area contributed by atoms with Gasteiger partial charge >= 0.3 is 0 Å². The van der Waals surface area contributed by atoms with Crippen LogP contribution in [0.25, 0.3) is 10.9 Å². The molecule has 0 aliphatic heterocycles. The first-order chi connectivity index (χ1) is 11.5. The van der Waals surface area contributed by atoms with E-state index in [0.29, 0.717) is 24.0 Å². The van der Waals surface area contributed by atoms with E-state index in [1.54, 1.807) is 23.0 Å². The van der Waals surface area contributed by atoms with Gasteiger partial charge < -0.3 is 5.32 Å². The minimum atomic E-state index is -0.393. The van der Waals surface area contributed by atoms with E-state index in [1.807, 2.05) is 38.1 Å². The smallest absolute Gasteiger partial charge is 0.261 e. The second-order valence-electron chi connectivity index (χ2n) is 6.32. The van der Waals surface area contributed by atoms with Crippen molar-refractivity contribution in [2.24, 2.45) is 0 Å². The molecule has 0 aliphatic rings. The molecule has 0 saturated carbocycles. The highest BCUT2D eigenvalue weighted by Gasteiger charge is 2.19. The first-order valence-electron chi connectivity index (χ1n) is 7.93. The maximum atomic E-state index is 13.4. The lowest BCUT2D eigenvalue weighted by molar-refractivity contribution is 0.388. The van der Waals surface area contributed by atoms with E-state index in [-0.39, 0.29) is 11.4 Å². The van der Waals surface area contributed by atoms with E-state index in [2.05, 4.69) is 10.3 Å². The SMILES string of the molecule is CC(C)(NCCn1cnc2ccccc2c1=O)c1cccc(F)c1. The molecule has 124 valence electrons. The molecule has 0 spiro atoms. The Hall–Kier alpha value is -2.53. The lowest BCUT2D eigenvalue weighted by Gasteiger charge is -2.27. The van der Waals surface area contributed by atoms with Gasteiger partial charge in [-0.2, -0.15) is 0 Å². The highest BCUT2D eigenvalue weighted by atomic mass is 19.1. The summed E-state index contributed by atoms with van der Waals surface area (Å²) in [6.07, 6.45) is 1.57. The number of fused-ring (bicyclic) bond motifs is 1. The zero-order valence-electron chi connectivity index (χ0n) is 13.8. The highest BCUT2D eigenvalue weighted by molar-refractivity contribution is 5.76. The number of aromatic nitrogens is 2. The zero-order chi connectivity index (χ0) is 17.2. The van der Waals surface area contributed by atoms with Crippen LogP contribution < -0.4 is 10.9 Å². The van der Waals surface area contributed by atoms with Gasteiger partial charge in [0.25, 0.3) is 5.56 Å². The molecule has 3 aromatic rings. The second-order valence-corrected chi connectivity index (χ2v) is 6.32. The van der Waals surface area contributed by atoms with Gasteiger partial charge in [-0.3, -0.25) is 9.36 Å². The van der Waals surface area contributed by atoms with Crippen LogP contribution in [-0.4, -0.2) is 16.1 Å². The van der Waals surface area contributed by atoms with Gasteiger partial charge in [-0.1, -0.05) is 24.3 Å². The van der Waals surface area contributed by atoms with Gasteiger partial charge in [-0.15, -0.1) is 0 Å². The van der Waals surface area contributed by atoms with Gasteiger partial charge in [-0.05, 0) is 43.7 Å². The Labute approximate surface area is 140 Å². The third-order valence-electron chi connectivity index (χ3n) is 4.20. The molecule has 1 N–H and O–H groups in total. The minimum Gasteiger partial charge on any atom is -0.306 e. The molecule has 0 amide bonds. The van der Waals surface area contributed by atoms with E-state index in [4.69, 9.17) is 0 Å². The zero-order valence-corrected chi connectivity index (χ0v) is 13.8. The van der Waals surface area contributed by atoms with Crippen molar-refractivity contribution < 1.29 is 4.39 Å². The van der Waals surface area contributed by atoms with Gasteiger partial charge in [0.1, 0.15) is 5.82 Å². The first-order valence-corrected chi connectivity index (χ1v) is 7.93. The summed E-state index contributed by atoms with van der Waals surface area (Å²) in [5.41, 5.74) is 1.12. The number of para-hydroxylation sites is 1. The number of halogens is 1. The summed E-state index contributed by atoms with van der Waals surface area (Å²) in [6.45, 7) is 5.05. The molecule has 4 nitrogen and oxygen atoms in total. The summed E-state index contributed by atoms with van der Waals surface area (Å²) in [6, 6.07) is 13.9. The summed E-state index contributed by atoms with van der Waals surface area (Å²) in [5.74, 6) is -0.252. The van der Waals surface area contributed by atoms with Crippen molar-refractivity contribution in [3.05, 3.63) is 76.6 Å². The molecule has 1 aromatic heterocycles. The predicted molar refractivity (Wildman–Crippen MR) is 93.4 cm³/mol. The normalized spacial score (nSPS) is 11.8. The van der Waals surface area contributed by atoms with Crippen LogP contribution in [-0.2, 0) is 12.1 Å². The number of nitrogens with zero attached hydrogens (tertiary/aromatic N) is 2. The minimum absolute atomic E-state index is 0.0500. The number of hydrogen-bond donors (Lipinski definition) is 1. The molecule has 0 unspecified atom stereocenters. The third kappa shape index (κ3) is 3.36. The van der Waals surface area contributed by atoms with E-state index < -0.39 is 5.54 Å². The van der Waals surface area contributed by atoms with Crippen molar-refractivity contribution in [1.29, 1.82) is 0 Å². The molecule has 24 heavy (non-hydrogen) atoms. The molecule has 2 aromatic carbocycles. The molecular formula is C19H20FN3O. The largest absolute Gasteiger partial charge is 0.306 e. The average molecular weight is 325 g/mol. The number of nitrogens with one attached hydrogen (secondary N) is 1. The summed E-state index contributed by atoms with van der Waals surface area (Å²) >= 11 is 0. The van der Waals surface area contributed by atoms with Gasteiger partial charge in [0.05, 0.1) is 17.2 Å². The summed E-state index contributed by atoms with van der Waals surface area (Å²) < 4.78 is 15.0. The van der Waals surface area contributed by atoms with Gasteiger partial charge in [0.15, 0.2) is 0 Å². The Morgan fingerprint density at radius 2 is 1.96 bits per heavy atom. The van der Waals surface area contributed by atoms with E-state index >= 15 is 0 Å².